The number of nitrogens with zero attached hydrogens (tertiary/aromatic N) is 2. The van der Waals surface area contributed by atoms with Gasteiger partial charge in [0, 0.05) is 29.1 Å². The molecule has 244 valence electrons. The lowest BCUT2D eigenvalue weighted by Crippen LogP contribution is -2.38. The number of carbonyl (C=O) groups is 1. The van der Waals surface area contributed by atoms with Crippen LogP contribution < -0.4 is 10.1 Å². The average Bonchev–Trinajstić information content (AvgIpc) is 3.56. The van der Waals surface area contributed by atoms with E-state index in [0.29, 0.717) is 42.5 Å². The molecule has 0 spiro atoms. The molecule has 1 amide bonds. The minimum absolute atomic E-state index is 0.00361. The Labute approximate surface area is 269 Å². The highest BCUT2D eigenvalue weighted by Gasteiger charge is 2.39. The minimum Gasteiger partial charge on any atom is -0.484 e. The quantitative estimate of drug-likeness (QED) is 0.298. The highest BCUT2D eigenvalue weighted by molar-refractivity contribution is 9.10. The van der Waals surface area contributed by atoms with Gasteiger partial charge in [-0.2, -0.15) is 17.5 Å². The monoisotopic (exact) mass is 725 g/mol. The Balaban J connectivity index is 1.28. The van der Waals surface area contributed by atoms with Crippen LogP contribution in [0.2, 0.25) is 5.02 Å². The second kappa shape index (κ2) is 14.7. The molecule has 4 rings (SSSR count). The first-order chi connectivity index (χ1) is 20.7. The van der Waals surface area contributed by atoms with Crippen LogP contribution in [0.4, 0.5) is 13.2 Å². The number of fused-ring (bicyclic) bond motifs is 1. The van der Waals surface area contributed by atoms with Crippen molar-refractivity contribution in [1.29, 1.82) is 0 Å². The molecule has 0 bridgehead atoms. The predicted octanol–water partition coefficient (Wildman–Crippen LogP) is 4.74. The van der Waals surface area contributed by atoms with Gasteiger partial charge in [0.05, 0.1) is 37.4 Å². The highest BCUT2D eigenvalue weighted by atomic mass is 79.9. The number of nitrogens with one attached hydrogen (secondary N) is 1. The first kappa shape index (κ1) is 34.9. The van der Waals surface area contributed by atoms with E-state index in [0.717, 1.165) is 22.0 Å². The fourth-order valence-electron chi connectivity index (χ4n) is 5.37. The number of benzene rings is 2. The van der Waals surface area contributed by atoms with Gasteiger partial charge in [0.25, 0.3) is 0 Å². The Morgan fingerprint density at radius 1 is 1.16 bits per heavy atom. The number of amides is 1. The number of alkyl halides is 3. The molecule has 15 heteroatoms. The summed E-state index contributed by atoms with van der Waals surface area (Å²) in [5, 5.41) is 2.33. The fraction of sp³-hybridized carbons (Fsp3) is 0.552. The molecule has 0 saturated carbocycles. The van der Waals surface area contributed by atoms with Gasteiger partial charge in [-0.1, -0.05) is 27.5 Å². The number of rotatable bonds is 13. The van der Waals surface area contributed by atoms with Gasteiger partial charge in [-0.25, -0.2) is 8.42 Å². The van der Waals surface area contributed by atoms with Crippen LogP contribution in [0.3, 0.4) is 0 Å². The molecule has 1 fully saturated rings. The summed E-state index contributed by atoms with van der Waals surface area (Å²) in [5.41, 5.74) is 2.85. The zero-order valence-electron chi connectivity index (χ0n) is 24.6. The number of ether oxygens (including phenoxy) is 3. The lowest BCUT2D eigenvalue weighted by atomic mass is 10.1. The summed E-state index contributed by atoms with van der Waals surface area (Å²) in [6.45, 7) is 2.80. The second-order valence-electron chi connectivity index (χ2n) is 11.1. The molecule has 1 N–H and O–H groups in total. The Morgan fingerprint density at radius 2 is 1.89 bits per heavy atom. The van der Waals surface area contributed by atoms with Gasteiger partial charge in [-0.15, -0.1) is 0 Å². The molecule has 1 heterocycles. The third-order valence-electron chi connectivity index (χ3n) is 7.73. The largest absolute Gasteiger partial charge is 0.484 e. The van der Waals surface area contributed by atoms with E-state index < -0.39 is 22.1 Å². The standard InChI is InChI=1S/C29H36BrClF3N3O6S/c1-18-12-21(4-5-26(18)43-27-23-13-20(31)14-24(30)22(23)15-25(27)36(2)3)44(39,40)37-8-6-19(16-37)17-42-11-10-41-9-7-35-28(38)29(32,33)34/h4-5,12-14,19,25,27H,6-11,15-17H2,1-3H3,(H,35,38)/t19-,25-,27-/m0/s1. The van der Waals surface area contributed by atoms with Crippen molar-refractivity contribution in [3.63, 3.8) is 0 Å². The third kappa shape index (κ3) is 8.45. The van der Waals surface area contributed by atoms with Crippen molar-refractivity contribution in [3.05, 3.63) is 56.5 Å². The smallest absolute Gasteiger partial charge is 0.471 e. The van der Waals surface area contributed by atoms with E-state index in [1.54, 1.807) is 23.5 Å². The van der Waals surface area contributed by atoms with Crippen LogP contribution in [0, 0.1) is 12.8 Å². The third-order valence-corrected chi connectivity index (χ3v) is 10.5. The van der Waals surface area contributed by atoms with E-state index in [1.165, 1.54) is 4.31 Å². The predicted molar refractivity (Wildman–Crippen MR) is 162 cm³/mol. The molecule has 2 aliphatic rings. The first-order valence-electron chi connectivity index (χ1n) is 14.1. The molecule has 0 radical (unpaired) electrons. The van der Waals surface area contributed by atoms with Gasteiger partial charge < -0.3 is 24.4 Å². The Bertz CT molecular complexity index is 1450. The highest BCUT2D eigenvalue weighted by Crippen LogP contribution is 2.43. The van der Waals surface area contributed by atoms with Gasteiger partial charge in [-0.3, -0.25) is 4.79 Å². The van der Waals surface area contributed by atoms with Crippen LogP contribution in [0.1, 0.15) is 29.2 Å². The van der Waals surface area contributed by atoms with E-state index in [-0.39, 0.29) is 49.3 Å². The molecule has 0 unspecified atom stereocenters. The van der Waals surface area contributed by atoms with E-state index in [9.17, 15) is 26.4 Å². The van der Waals surface area contributed by atoms with Crippen molar-refractivity contribution in [2.45, 2.75) is 43.0 Å². The van der Waals surface area contributed by atoms with Crippen molar-refractivity contribution in [1.82, 2.24) is 14.5 Å². The van der Waals surface area contributed by atoms with Crippen LogP contribution in [-0.2, 0) is 30.7 Å². The molecule has 9 nitrogen and oxygen atoms in total. The normalized spacial score (nSPS) is 20.7. The van der Waals surface area contributed by atoms with Crippen molar-refractivity contribution in [2.75, 3.05) is 60.2 Å². The lowest BCUT2D eigenvalue weighted by molar-refractivity contribution is -0.173. The maximum atomic E-state index is 13.5. The van der Waals surface area contributed by atoms with Gasteiger partial charge >= 0.3 is 12.1 Å². The first-order valence-corrected chi connectivity index (χ1v) is 16.7. The second-order valence-corrected chi connectivity index (χ2v) is 14.3. The summed E-state index contributed by atoms with van der Waals surface area (Å²) in [6.07, 6.45) is -3.78. The van der Waals surface area contributed by atoms with Crippen LogP contribution in [0.5, 0.6) is 5.75 Å². The van der Waals surface area contributed by atoms with Gasteiger partial charge in [0.1, 0.15) is 11.9 Å². The van der Waals surface area contributed by atoms with Crippen molar-refractivity contribution < 1.29 is 40.6 Å². The number of sulfonamides is 1. The number of halogens is 5. The maximum Gasteiger partial charge on any atom is 0.471 e. The fourth-order valence-corrected chi connectivity index (χ4v) is 7.98. The Morgan fingerprint density at radius 3 is 2.57 bits per heavy atom. The van der Waals surface area contributed by atoms with Crippen LogP contribution in [-0.4, -0.2) is 95.9 Å². The summed E-state index contributed by atoms with van der Waals surface area (Å²) < 4.78 is 83.0. The van der Waals surface area contributed by atoms with Gasteiger partial charge in [0.2, 0.25) is 10.0 Å². The van der Waals surface area contributed by atoms with Crippen LogP contribution in [0.25, 0.3) is 0 Å². The summed E-state index contributed by atoms with van der Waals surface area (Å²) in [6, 6.07) is 8.79. The molecule has 2 aromatic rings. The number of hydrogen-bond donors (Lipinski definition) is 1. The lowest BCUT2D eigenvalue weighted by Gasteiger charge is -2.28. The van der Waals surface area contributed by atoms with Gasteiger partial charge in [0.15, 0.2) is 0 Å². The average molecular weight is 727 g/mol. The SMILES string of the molecule is Cc1cc(S(=O)(=O)N2CC[C@H](COCCOCCNC(=O)C(F)(F)F)C2)ccc1O[C@H]1c2cc(Cl)cc(Br)c2C[C@@H]1N(C)C. The van der Waals surface area contributed by atoms with Crippen LogP contribution in [0.15, 0.2) is 39.7 Å². The summed E-state index contributed by atoms with van der Waals surface area (Å²) >= 11 is 9.98. The molecule has 1 aliphatic carbocycles. The Kier molecular flexibility index (Phi) is 11.6. The van der Waals surface area contributed by atoms with Crippen LogP contribution >= 0.6 is 27.5 Å². The maximum absolute atomic E-state index is 13.5. The molecule has 3 atom stereocenters. The molecule has 1 aliphatic heterocycles. The topological polar surface area (TPSA) is 97.4 Å². The molecular weight excluding hydrogens is 691 g/mol. The van der Waals surface area contributed by atoms with Crippen molar-refractivity contribution in [2.24, 2.45) is 5.92 Å². The molecular formula is C29H36BrClF3N3O6S. The molecule has 0 aromatic heterocycles. The van der Waals surface area contributed by atoms with E-state index >= 15 is 0 Å². The summed E-state index contributed by atoms with van der Waals surface area (Å²) in [5.74, 6) is -1.41. The number of hydrogen-bond acceptors (Lipinski definition) is 7. The summed E-state index contributed by atoms with van der Waals surface area (Å²) in [7, 11) is 0.269. The van der Waals surface area contributed by atoms with Gasteiger partial charge in [-0.05, 0) is 86.8 Å². The molecule has 2 aromatic carbocycles. The number of likely N-dealkylation sites (N-methyl/N-ethyl adjacent to an activating group) is 1. The Hall–Kier alpha value is -1.94. The van der Waals surface area contributed by atoms with Crippen molar-refractivity contribution >= 4 is 43.5 Å². The van der Waals surface area contributed by atoms with E-state index in [2.05, 4.69) is 20.8 Å². The zero-order chi connectivity index (χ0) is 32.2. The number of aryl methyl sites for hydroxylation is 1. The molecule has 44 heavy (non-hydrogen) atoms. The summed E-state index contributed by atoms with van der Waals surface area (Å²) in [4.78, 5) is 13.0. The van der Waals surface area contributed by atoms with E-state index in [4.69, 9.17) is 25.8 Å². The number of carbonyl (C=O) groups excluding carboxylic acids is 1. The minimum atomic E-state index is -4.92. The van der Waals surface area contributed by atoms with Crippen molar-refractivity contribution in [3.8, 4) is 5.75 Å². The van der Waals surface area contributed by atoms with E-state index in [1.807, 2.05) is 33.2 Å². The molecule has 1 saturated heterocycles. The zero-order valence-corrected chi connectivity index (χ0v) is 27.8.